The molecule has 15 atom stereocenters. The number of carbonyl (C=O) groups excluding carboxylic acids is 12. The number of fused-ring (bicyclic) bond motifs is 4. The molecule has 2 bridgehead atoms. The first-order chi connectivity index (χ1) is 48.7. The van der Waals surface area contributed by atoms with Gasteiger partial charge in [0.1, 0.15) is 59.9 Å². The highest BCUT2D eigenvalue weighted by Gasteiger charge is 2.54. The summed E-state index contributed by atoms with van der Waals surface area (Å²) in [5, 5.41) is 7.64. The van der Waals surface area contributed by atoms with Crippen LogP contribution in [0, 0.1) is 29.6 Å². The summed E-state index contributed by atoms with van der Waals surface area (Å²) in [6.07, 6.45) is 1.85. The lowest BCUT2D eigenvalue weighted by Gasteiger charge is -2.45. The van der Waals surface area contributed by atoms with Crippen LogP contribution in [0.5, 0.6) is 0 Å². The molecule has 3 N–H and O–H groups in total. The third-order valence-electron chi connectivity index (χ3n) is 23.9. The van der Waals surface area contributed by atoms with Gasteiger partial charge in [-0.05, 0) is 140 Å². The highest BCUT2D eigenvalue weighted by molar-refractivity contribution is 6.21. The summed E-state index contributed by atoms with van der Waals surface area (Å²) in [5.74, 6) is -10.9. The molecule has 26 nitrogen and oxygen atoms in total. The predicted molar refractivity (Wildman–Crippen MR) is 376 cm³/mol. The maximum Gasteiger partial charge on any atom is 0.393 e. The third kappa shape index (κ3) is 18.7. The van der Waals surface area contributed by atoms with Crippen molar-refractivity contribution >= 4 is 82.5 Å². The molecular weight excluding hydrogens is 1360 g/mol. The Morgan fingerprint density at radius 1 is 0.670 bits per heavy atom. The van der Waals surface area contributed by atoms with Gasteiger partial charge in [0, 0.05) is 66.9 Å². The molecule has 5 aliphatic heterocycles. The number of hydrogen-bond acceptors (Lipinski definition) is 14. The minimum absolute atomic E-state index is 0.0123. The topological polar surface area (TPSA) is 289 Å². The number of nitrogens with one attached hydrogen (secondary N) is 3. The first-order valence-corrected chi connectivity index (χ1v) is 38.5. The van der Waals surface area contributed by atoms with Crippen LogP contribution in [-0.4, -0.2) is 286 Å². The molecule has 30 heteroatoms. The number of alkyl halides is 4. The SMILES string of the molecule is CCCOC[C@H]1C(=O)N(CC)CC(=O)N[C@@H](CCC2CCC(C(F)(F)F)C(Cl)C2)C(=O)N2CCC[C@H]2C(=O)NC2(CCCC2)C(=O)N(C)[C@@H](C2CCCC2)C(=O)N(C)[C@H](C(=O)N2C3CCC2COC3)CC(=O)N(C)[C@@H](CC(C)C)C(=O)N[C@@H]([C@@H](C)CC)C(=O)N(C)[C@@H](C)C(=O)N2CC[C@H]2C(=O)N1C. The molecule has 3 aliphatic carbocycles. The van der Waals surface area contributed by atoms with Crippen LogP contribution in [-0.2, 0) is 67.0 Å². The standard InChI is InChI=1S/C73H116ClF3N12O14/c1-13-35-102-42-57-67(97)86(15-3)39-58(90)78-52(29-25-46-24-28-50(51(74)37-46)73(75,76)77)65(95)87-33-20-23-53(87)63(93)80-72(31-18-19-32-72)71(101)85(12)61(47-21-16-17-22-47)70(100)83(10)56(68(98)89-48-26-27-49(89)41-103-40-48)38-59(91)82(9)55(36-43(4)5)62(92)79-60(44(6)14-2)69(99)81(8)45(7)64(94)88-34-30-54(88)66(96)84(57)11/h43-57,60-61H,13-42H2,1-12H3,(H,78,90)(H,79,92)(H,80,93)/t44-,45-,46?,48?,49?,50?,51?,52-,53-,54-,55-,56-,57-,60-,61-/m0/s1. The molecule has 1 spiro atoms. The van der Waals surface area contributed by atoms with Crippen molar-refractivity contribution in [2.75, 3.05) is 87.8 Å². The molecule has 0 aromatic rings. The Morgan fingerprint density at radius 3 is 1.90 bits per heavy atom. The zero-order chi connectivity index (χ0) is 75.7. The summed E-state index contributed by atoms with van der Waals surface area (Å²) in [6, 6.07) is -11.9. The Morgan fingerprint density at radius 2 is 1.32 bits per heavy atom. The number of rotatable bonds is 14. The van der Waals surface area contributed by atoms with Crippen molar-refractivity contribution in [2.24, 2.45) is 29.6 Å². The van der Waals surface area contributed by atoms with Crippen LogP contribution in [0.25, 0.3) is 0 Å². The lowest BCUT2D eigenvalue weighted by molar-refractivity contribution is -0.182. The lowest BCUT2D eigenvalue weighted by Crippen LogP contribution is -2.65. The summed E-state index contributed by atoms with van der Waals surface area (Å²) in [4.78, 5) is 194. The van der Waals surface area contributed by atoms with E-state index in [2.05, 4.69) is 16.0 Å². The van der Waals surface area contributed by atoms with Gasteiger partial charge in [-0.15, -0.1) is 11.6 Å². The van der Waals surface area contributed by atoms with E-state index in [1.807, 2.05) is 27.7 Å². The number of likely N-dealkylation sites (N-methyl/N-ethyl adjacent to an activating group) is 6. The maximum absolute atomic E-state index is 15.9. The van der Waals surface area contributed by atoms with Gasteiger partial charge in [-0.25, -0.2) is 0 Å². The van der Waals surface area contributed by atoms with Gasteiger partial charge in [0.25, 0.3) is 0 Å². The Labute approximate surface area is 610 Å². The zero-order valence-electron chi connectivity index (χ0n) is 62.8. The van der Waals surface area contributed by atoms with Crippen LogP contribution < -0.4 is 16.0 Å². The van der Waals surface area contributed by atoms with Crippen LogP contribution in [0.2, 0.25) is 0 Å². The minimum atomic E-state index is -4.52. The second-order valence-corrected chi connectivity index (χ2v) is 31.7. The van der Waals surface area contributed by atoms with Crippen LogP contribution in [0.4, 0.5) is 13.2 Å². The van der Waals surface area contributed by atoms with Crippen molar-refractivity contribution in [1.29, 1.82) is 0 Å². The second kappa shape index (κ2) is 35.8. The minimum Gasteiger partial charge on any atom is -0.379 e. The van der Waals surface area contributed by atoms with E-state index in [4.69, 9.17) is 21.1 Å². The number of halogens is 4. The van der Waals surface area contributed by atoms with Gasteiger partial charge in [0.15, 0.2) is 0 Å². The fourth-order valence-corrected chi connectivity index (χ4v) is 17.6. The fourth-order valence-electron chi connectivity index (χ4n) is 17.1. The Hall–Kier alpha value is -6.36. The molecule has 580 valence electrons. The molecular formula is C73H116ClF3N12O14. The van der Waals surface area contributed by atoms with Crippen LogP contribution in [0.15, 0.2) is 0 Å². The molecule has 12 amide bonds. The first kappa shape index (κ1) is 82.3. The number of amides is 12. The van der Waals surface area contributed by atoms with E-state index in [-0.39, 0.29) is 134 Å². The molecule has 5 saturated heterocycles. The van der Waals surface area contributed by atoms with E-state index in [1.54, 1.807) is 18.7 Å². The van der Waals surface area contributed by atoms with E-state index in [1.165, 1.54) is 81.4 Å². The van der Waals surface area contributed by atoms with E-state index in [0.717, 1.165) is 12.8 Å². The van der Waals surface area contributed by atoms with Gasteiger partial charge in [0.05, 0.1) is 50.8 Å². The van der Waals surface area contributed by atoms with Gasteiger partial charge >= 0.3 is 6.18 Å². The average Bonchev–Trinajstić information content (AvgIpc) is 1.74. The normalized spacial score (nSPS) is 32.1. The largest absolute Gasteiger partial charge is 0.393 e. The van der Waals surface area contributed by atoms with Crippen molar-refractivity contribution in [3.63, 3.8) is 0 Å². The summed E-state index contributed by atoms with van der Waals surface area (Å²) < 4.78 is 53.9. The van der Waals surface area contributed by atoms with Gasteiger partial charge in [-0.2, -0.15) is 13.2 Å². The quantitative estimate of drug-likeness (QED) is 0.155. The van der Waals surface area contributed by atoms with Crippen molar-refractivity contribution in [1.82, 2.24) is 60.0 Å². The van der Waals surface area contributed by atoms with Gasteiger partial charge in [-0.1, -0.05) is 66.7 Å². The van der Waals surface area contributed by atoms with Gasteiger partial charge in [-0.3, -0.25) is 57.5 Å². The monoisotopic (exact) mass is 1480 g/mol. The molecule has 103 heavy (non-hydrogen) atoms. The van der Waals surface area contributed by atoms with E-state index in [9.17, 15) is 37.1 Å². The number of ether oxygens (including phenoxy) is 2. The van der Waals surface area contributed by atoms with Crippen molar-refractivity contribution in [2.45, 2.75) is 273 Å². The molecule has 0 aromatic heterocycles. The Balaban J connectivity index is 1.18. The number of hydrogen-bond donors (Lipinski definition) is 3. The summed E-state index contributed by atoms with van der Waals surface area (Å²) in [5.41, 5.74) is -1.57. The van der Waals surface area contributed by atoms with Crippen LogP contribution in [0.1, 0.15) is 190 Å². The smallest absolute Gasteiger partial charge is 0.379 e. The lowest BCUT2D eigenvalue weighted by atomic mass is 9.78. The number of nitrogens with zero attached hydrogens (tertiary/aromatic N) is 9. The van der Waals surface area contributed by atoms with E-state index in [0.29, 0.717) is 57.8 Å². The number of carbonyl (C=O) groups is 12. The molecule has 5 unspecified atom stereocenters. The van der Waals surface area contributed by atoms with Crippen molar-refractivity contribution in [3.8, 4) is 0 Å². The van der Waals surface area contributed by atoms with Crippen LogP contribution >= 0.6 is 11.6 Å². The summed E-state index contributed by atoms with van der Waals surface area (Å²) in [6.45, 7) is 12.2. The highest BCUT2D eigenvalue weighted by Crippen LogP contribution is 2.44. The molecule has 8 fully saturated rings. The molecule has 5 heterocycles. The van der Waals surface area contributed by atoms with Gasteiger partial charge < -0.3 is 69.5 Å². The zero-order valence-corrected chi connectivity index (χ0v) is 63.5. The first-order valence-electron chi connectivity index (χ1n) is 38.0. The molecule has 8 rings (SSSR count). The average molecular weight is 1480 g/mol. The Bertz CT molecular complexity index is 3050. The second-order valence-electron chi connectivity index (χ2n) is 31.1. The number of morpholine rings is 1. The van der Waals surface area contributed by atoms with Crippen molar-refractivity contribution < 1.29 is 80.2 Å². The predicted octanol–water partition coefficient (Wildman–Crippen LogP) is 4.85. The van der Waals surface area contributed by atoms with E-state index < -0.39 is 173 Å². The fraction of sp³-hybridized carbons (Fsp3) is 0.836. The molecule has 0 radical (unpaired) electrons. The summed E-state index contributed by atoms with van der Waals surface area (Å²) >= 11 is 6.42. The highest BCUT2D eigenvalue weighted by atomic mass is 35.5. The third-order valence-corrected chi connectivity index (χ3v) is 24.4. The van der Waals surface area contributed by atoms with Crippen molar-refractivity contribution in [3.05, 3.63) is 0 Å². The molecule has 3 saturated carbocycles. The molecule has 0 aromatic carbocycles. The summed E-state index contributed by atoms with van der Waals surface area (Å²) in [7, 11) is 7.25. The van der Waals surface area contributed by atoms with Crippen LogP contribution in [0.3, 0.4) is 0 Å². The van der Waals surface area contributed by atoms with E-state index >= 15 is 33.6 Å². The Kier molecular flexibility index (Phi) is 28.6. The molecule has 8 aliphatic rings. The maximum atomic E-state index is 15.9. The van der Waals surface area contributed by atoms with Gasteiger partial charge in [0.2, 0.25) is 70.9 Å².